The summed E-state index contributed by atoms with van der Waals surface area (Å²) in [4.78, 5) is 12.8. The fourth-order valence-electron chi connectivity index (χ4n) is 2.16. The quantitative estimate of drug-likeness (QED) is 0.541. The summed E-state index contributed by atoms with van der Waals surface area (Å²) < 4.78 is 1.77. The number of carbonyl (C=O) groups is 1. The molecule has 3 rings (SSSR count). The number of benzene rings is 1. The predicted molar refractivity (Wildman–Crippen MR) is 81.5 cm³/mol. The highest BCUT2D eigenvalue weighted by Crippen LogP contribution is 2.27. The largest absolute Gasteiger partial charge is 0.288 e. The highest BCUT2D eigenvalue weighted by atomic mass is 32.2. The molecule has 0 fully saturated rings. The molecule has 0 bridgehead atoms. The Kier molecular flexibility index (Phi) is 3.56. The zero-order valence-electron chi connectivity index (χ0n) is 11.1. The van der Waals surface area contributed by atoms with Crippen molar-refractivity contribution in [3.63, 3.8) is 0 Å². The van der Waals surface area contributed by atoms with Crippen molar-refractivity contribution in [2.45, 2.75) is 11.9 Å². The van der Waals surface area contributed by atoms with E-state index in [-0.39, 0.29) is 5.78 Å². The van der Waals surface area contributed by atoms with E-state index in [0.717, 1.165) is 16.3 Å². The molecular formula is C16H14N2OS. The zero-order valence-corrected chi connectivity index (χ0v) is 11.9. The van der Waals surface area contributed by atoms with E-state index in [1.165, 1.54) is 0 Å². The Bertz CT molecular complexity index is 750. The summed E-state index contributed by atoms with van der Waals surface area (Å²) in [6, 6.07) is 15.1. The Balaban J connectivity index is 2.18. The summed E-state index contributed by atoms with van der Waals surface area (Å²) in [7, 11) is 0. The molecule has 2 aromatic heterocycles. The number of pyridine rings is 1. The van der Waals surface area contributed by atoms with E-state index in [0.29, 0.717) is 11.1 Å². The van der Waals surface area contributed by atoms with Crippen LogP contribution in [-0.2, 0) is 0 Å². The van der Waals surface area contributed by atoms with Gasteiger partial charge in [0.2, 0.25) is 0 Å². The van der Waals surface area contributed by atoms with Crippen LogP contribution in [0.4, 0.5) is 0 Å². The Hall–Kier alpha value is -2.07. The monoisotopic (exact) mass is 282 g/mol. The van der Waals surface area contributed by atoms with Gasteiger partial charge in [0.1, 0.15) is 5.03 Å². The van der Waals surface area contributed by atoms with Gasteiger partial charge in [-0.25, -0.2) is 4.52 Å². The molecule has 0 saturated heterocycles. The van der Waals surface area contributed by atoms with Crippen LogP contribution in [0.2, 0.25) is 0 Å². The predicted octanol–water partition coefficient (Wildman–Crippen LogP) is 3.68. The number of rotatable bonds is 4. The Morgan fingerprint density at radius 2 is 1.90 bits per heavy atom. The third-order valence-electron chi connectivity index (χ3n) is 3.05. The van der Waals surface area contributed by atoms with E-state index in [4.69, 9.17) is 0 Å². The Labute approximate surface area is 121 Å². The van der Waals surface area contributed by atoms with Crippen LogP contribution in [0.15, 0.2) is 59.8 Å². The average molecular weight is 282 g/mol. The fraction of sp³-hybridized carbons (Fsp3) is 0.125. The molecule has 0 atom stereocenters. The van der Waals surface area contributed by atoms with Gasteiger partial charge in [-0.2, -0.15) is 5.10 Å². The number of ketones is 1. The van der Waals surface area contributed by atoms with Gasteiger partial charge < -0.3 is 0 Å². The number of carbonyl (C=O) groups excluding carboxylic acids is 1. The molecule has 20 heavy (non-hydrogen) atoms. The van der Waals surface area contributed by atoms with Gasteiger partial charge in [-0.1, -0.05) is 43.3 Å². The van der Waals surface area contributed by atoms with Gasteiger partial charge in [0.25, 0.3) is 0 Å². The molecule has 4 heteroatoms. The highest BCUT2D eigenvalue weighted by Gasteiger charge is 2.20. The minimum absolute atomic E-state index is 0.0303. The van der Waals surface area contributed by atoms with Crippen LogP contribution in [0.3, 0.4) is 0 Å². The first-order valence-electron chi connectivity index (χ1n) is 6.51. The molecule has 1 aromatic carbocycles. The standard InChI is InChI=1S/C16H14N2OS/c1-2-20-16-14(13-10-6-7-11-18(13)17-16)15(19)12-8-4-3-5-9-12/h3-11H,2H2,1H3. The van der Waals surface area contributed by atoms with Crippen LogP contribution >= 0.6 is 11.8 Å². The van der Waals surface area contributed by atoms with Crippen molar-refractivity contribution in [2.24, 2.45) is 0 Å². The summed E-state index contributed by atoms with van der Waals surface area (Å²) >= 11 is 1.60. The van der Waals surface area contributed by atoms with Gasteiger partial charge >= 0.3 is 0 Å². The number of hydrogen-bond donors (Lipinski definition) is 0. The van der Waals surface area contributed by atoms with Gasteiger partial charge in [0.15, 0.2) is 5.78 Å². The second-order valence-corrected chi connectivity index (χ2v) is 5.59. The summed E-state index contributed by atoms with van der Waals surface area (Å²) in [6.07, 6.45) is 1.87. The molecule has 0 N–H and O–H groups in total. The first-order valence-corrected chi connectivity index (χ1v) is 7.49. The lowest BCUT2D eigenvalue weighted by Gasteiger charge is -2.01. The third kappa shape index (κ3) is 2.23. The molecule has 3 nitrogen and oxygen atoms in total. The van der Waals surface area contributed by atoms with Crippen LogP contribution in [0.1, 0.15) is 22.8 Å². The SMILES string of the molecule is CCSc1nn2ccccc2c1C(=O)c1ccccc1. The van der Waals surface area contributed by atoms with Crippen molar-refractivity contribution in [3.05, 3.63) is 65.9 Å². The van der Waals surface area contributed by atoms with Gasteiger partial charge in [0, 0.05) is 11.8 Å². The average Bonchev–Trinajstić information content (AvgIpc) is 2.86. The van der Waals surface area contributed by atoms with E-state index in [9.17, 15) is 4.79 Å². The Morgan fingerprint density at radius 1 is 1.15 bits per heavy atom. The van der Waals surface area contributed by atoms with E-state index >= 15 is 0 Å². The van der Waals surface area contributed by atoms with Crippen LogP contribution in [0.25, 0.3) is 5.52 Å². The highest BCUT2D eigenvalue weighted by molar-refractivity contribution is 7.99. The van der Waals surface area contributed by atoms with Crippen molar-refractivity contribution in [2.75, 3.05) is 5.75 Å². The lowest BCUT2D eigenvalue weighted by molar-refractivity contribution is 0.103. The summed E-state index contributed by atoms with van der Waals surface area (Å²) in [5, 5.41) is 5.31. The molecule has 100 valence electrons. The number of nitrogens with zero attached hydrogens (tertiary/aromatic N) is 2. The topological polar surface area (TPSA) is 34.4 Å². The number of hydrogen-bond acceptors (Lipinski definition) is 3. The summed E-state index contributed by atoms with van der Waals surface area (Å²) in [5.74, 6) is 0.918. The maximum Gasteiger partial charge on any atom is 0.197 e. The Morgan fingerprint density at radius 3 is 2.65 bits per heavy atom. The zero-order chi connectivity index (χ0) is 13.9. The van der Waals surface area contributed by atoms with Gasteiger partial charge in [-0.05, 0) is 17.9 Å². The third-order valence-corrected chi connectivity index (χ3v) is 3.90. The lowest BCUT2D eigenvalue weighted by Crippen LogP contribution is -2.02. The molecule has 3 aromatic rings. The van der Waals surface area contributed by atoms with Crippen molar-refractivity contribution in [1.82, 2.24) is 9.61 Å². The van der Waals surface area contributed by atoms with Gasteiger partial charge in [-0.15, -0.1) is 11.8 Å². The first kappa shape index (κ1) is 12.9. The second kappa shape index (κ2) is 5.51. The smallest absolute Gasteiger partial charge is 0.197 e. The second-order valence-electron chi connectivity index (χ2n) is 4.34. The molecule has 0 radical (unpaired) electrons. The minimum Gasteiger partial charge on any atom is -0.288 e. The molecule has 0 spiro atoms. The van der Waals surface area contributed by atoms with Gasteiger partial charge in [0.05, 0.1) is 11.1 Å². The van der Waals surface area contributed by atoms with Crippen molar-refractivity contribution >= 4 is 23.1 Å². The summed E-state index contributed by atoms with van der Waals surface area (Å²) in [5.41, 5.74) is 2.25. The van der Waals surface area contributed by atoms with Crippen LogP contribution in [0.5, 0.6) is 0 Å². The molecular weight excluding hydrogens is 268 g/mol. The number of fused-ring (bicyclic) bond motifs is 1. The fourth-order valence-corrected chi connectivity index (χ4v) is 2.92. The normalized spacial score (nSPS) is 10.8. The molecule has 0 aliphatic rings. The van der Waals surface area contributed by atoms with Crippen molar-refractivity contribution < 1.29 is 4.79 Å². The molecule has 0 amide bonds. The van der Waals surface area contributed by atoms with Crippen LogP contribution in [0, 0.1) is 0 Å². The maximum absolute atomic E-state index is 12.8. The van der Waals surface area contributed by atoms with E-state index in [1.54, 1.807) is 16.3 Å². The van der Waals surface area contributed by atoms with Crippen molar-refractivity contribution in [1.29, 1.82) is 0 Å². The number of thioether (sulfide) groups is 1. The molecule has 0 aliphatic carbocycles. The summed E-state index contributed by atoms with van der Waals surface area (Å²) in [6.45, 7) is 2.06. The molecule has 0 saturated carbocycles. The van der Waals surface area contributed by atoms with Crippen LogP contribution < -0.4 is 0 Å². The van der Waals surface area contributed by atoms with E-state index in [2.05, 4.69) is 12.0 Å². The van der Waals surface area contributed by atoms with E-state index in [1.807, 2.05) is 54.7 Å². The van der Waals surface area contributed by atoms with Crippen molar-refractivity contribution in [3.8, 4) is 0 Å². The lowest BCUT2D eigenvalue weighted by atomic mass is 10.0. The molecule has 0 unspecified atom stereocenters. The van der Waals surface area contributed by atoms with Crippen LogP contribution in [-0.4, -0.2) is 21.2 Å². The van der Waals surface area contributed by atoms with Gasteiger partial charge in [-0.3, -0.25) is 4.79 Å². The maximum atomic E-state index is 12.8. The molecule has 0 aliphatic heterocycles. The van der Waals surface area contributed by atoms with E-state index < -0.39 is 0 Å². The minimum atomic E-state index is 0.0303. The number of aromatic nitrogens is 2. The first-order chi connectivity index (χ1) is 9.81. The molecule has 2 heterocycles.